The minimum Gasteiger partial charge on any atom is -0.358 e. The van der Waals surface area contributed by atoms with Crippen molar-refractivity contribution >= 4 is 37.6 Å². The maximum absolute atomic E-state index is 12.3. The third-order valence-electron chi connectivity index (χ3n) is 2.28. The quantitative estimate of drug-likeness (QED) is 0.836. The second kappa shape index (κ2) is 5.62. The number of halogens is 1. The van der Waals surface area contributed by atoms with E-state index in [0.29, 0.717) is 0 Å². The Morgan fingerprint density at radius 1 is 1.05 bits per heavy atom. The molecular weight excluding hydrogens is 341 g/mol. The summed E-state index contributed by atoms with van der Waals surface area (Å²) in [6.45, 7) is 1.78. The Bertz CT molecular complexity index is 840. The summed E-state index contributed by atoms with van der Waals surface area (Å²) in [4.78, 5) is 0.854. The summed E-state index contributed by atoms with van der Waals surface area (Å²) in [6, 6.07) is 7.96. The van der Waals surface area contributed by atoms with Crippen LogP contribution in [0.25, 0.3) is 0 Å². The van der Waals surface area contributed by atoms with Crippen LogP contribution in [0.2, 0.25) is 0 Å². The molecule has 1 heterocycles. The van der Waals surface area contributed by atoms with Crippen molar-refractivity contribution in [2.24, 2.45) is 0 Å². The van der Waals surface area contributed by atoms with Crippen molar-refractivity contribution in [3.8, 4) is 5.75 Å². The Morgan fingerprint density at radius 2 is 1.67 bits per heavy atom. The molecule has 1 aromatic carbocycles. The summed E-state index contributed by atoms with van der Waals surface area (Å²) in [7, 11) is -8.81. The van der Waals surface area contributed by atoms with Gasteiger partial charge in [-0.3, -0.25) is 4.72 Å². The maximum Gasteiger partial charge on any atom is 0.488 e. The lowest BCUT2D eigenvalue weighted by atomic mass is 10.3. The van der Waals surface area contributed by atoms with Crippen LogP contribution in [0.5, 0.6) is 5.75 Å². The molecule has 0 spiro atoms. The molecule has 2 rings (SSSR count). The fourth-order valence-corrected chi connectivity index (χ4v) is 4.14. The maximum atomic E-state index is 12.3. The van der Waals surface area contributed by atoms with Crippen molar-refractivity contribution in [3.05, 3.63) is 41.3 Å². The van der Waals surface area contributed by atoms with Gasteiger partial charge in [0.05, 0.1) is 0 Å². The molecule has 0 amide bonds. The van der Waals surface area contributed by atoms with Gasteiger partial charge in [0.1, 0.15) is 9.96 Å². The summed E-state index contributed by atoms with van der Waals surface area (Å²) < 4.78 is 63.5. The highest BCUT2D eigenvalue weighted by Crippen LogP contribution is 2.24. The Morgan fingerprint density at radius 3 is 2.14 bits per heavy atom. The monoisotopic (exact) mass is 351 g/mol. The molecular formula is C11H10FNO5S3. The van der Waals surface area contributed by atoms with Gasteiger partial charge in [0.25, 0.3) is 10.0 Å². The number of hydrogen-bond acceptors (Lipinski definition) is 6. The molecule has 0 saturated carbocycles. The number of aryl methyl sites for hydroxylation is 1. The molecule has 0 fully saturated rings. The molecule has 21 heavy (non-hydrogen) atoms. The van der Waals surface area contributed by atoms with E-state index in [2.05, 4.69) is 8.91 Å². The van der Waals surface area contributed by atoms with E-state index in [1.165, 1.54) is 18.2 Å². The van der Waals surface area contributed by atoms with Gasteiger partial charge in [0.15, 0.2) is 0 Å². The number of thiophene rings is 1. The second-order valence-corrected chi connectivity index (χ2v) is 8.12. The third kappa shape index (κ3) is 4.41. The molecule has 0 saturated heterocycles. The van der Waals surface area contributed by atoms with E-state index >= 15 is 0 Å². The molecule has 1 N–H and O–H groups in total. The Labute approximate surface area is 125 Å². The van der Waals surface area contributed by atoms with E-state index in [9.17, 15) is 20.7 Å². The van der Waals surface area contributed by atoms with Gasteiger partial charge in [-0.25, -0.2) is 8.42 Å². The van der Waals surface area contributed by atoms with Gasteiger partial charge in [-0.1, -0.05) is 3.89 Å². The van der Waals surface area contributed by atoms with Crippen LogP contribution in [0.15, 0.2) is 40.6 Å². The lowest BCUT2D eigenvalue weighted by molar-refractivity contribution is 0.440. The Kier molecular flexibility index (Phi) is 4.21. The molecule has 0 unspecified atom stereocenters. The van der Waals surface area contributed by atoms with Crippen LogP contribution < -0.4 is 8.91 Å². The van der Waals surface area contributed by atoms with E-state index in [-0.39, 0.29) is 15.6 Å². The number of hydrogen-bond donors (Lipinski definition) is 1. The molecule has 0 bridgehead atoms. The van der Waals surface area contributed by atoms with Crippen LogP contribution in [0.4, 0.5) is 9.57 Å². The molecule has 10 heteroatoms. The van der Waals surface area contributed by atoms with Crippen LogP contribution in [-0.4, -0.2) is 16.8 Å². The van der Waals surface area contributed by atoms with E-state index in [1.807, 2.05) is 0 Å². The van der Waals surface area contributed by atoms with Gasteiger partial charge < -0.3 is 4.18 Å². The Hall–Kier alpha value is -1.65. The first-order valence-electron chi connectivity index (χ1n) is 5.49. The molecule has 6 nitrogen and oxygen atoms in total. The van der Waals surface area contributed by atoms with Gasteiger partial charge in [-0.15, -0.1) is 11.3 Å². The zero-order chi connectivity index (χ0) is 15.7. The average Bonchev–Trinajstić information content (AvgIpc) is 2.77. The average molecular weight is 351 g/mol. The zero-order valence-electron chi connectivity index (χ0n) is 10.6. The topological polar surface area (TPSA) is 89.5 Å². The molecule has 0 radical (unpaired) electrons. The predicted molar refractivity (Wildman–Crippen MR) is 77.0 cm³/mol. The first-order chi connectivity index (χ1) is 9.66. The summed E-state index contributed by atoms with van der Waals surface area (Å²) in [5.74, 6) is -0.257. The first kappa shape index (κ1) is 15.7. The van der Waals surface area contributed by atoms with Crippen LogP contribution in [0.3, 0.4) is 0 Å². The highest BCUT2D eigenvalue weighted by Gasteiger charge is 2.16. The number of nitrogens with one attached hydrogen (secondary N) is 1. The van der Waals surface area contributed by atoms with Gasteiger partial charge in [-0.05, 0) is 43.3 Å². The largest absolute Gasteiger partial charge is 0.488 e. The number of anilines is 1. The fourth-order valence-electron chi connectivity index (χ4n) is 1.46. The van der Waals surface area contributed by atoms with E-state index < -0.39 is 20.5 Å². The Balaban J connectivity index is 2.17. The zero-order valence-corrected chi connectivity index (χ0v) is 13.1. The normalized spacial score (nSPS) is 12.1. The van der Waals surface area contributed by atoms with E-state index in [1.54, 1.807) is 13.0 Å². The van der Waals surface area contributed by atoms with Crippen molar-refractivity contribution in [1.29, 1.82) is 0 Å². The minimum atomic E-state index is -5.10. The highest BCUT2D eigenvalue weighted by molar-refractivity contribution is 7.94. The molecule has 2 aromatic rings. The minimum absolute atomic E-state index is 0.159. The SMILES string of the molecule is Cc1ccc(S(=O)(=O)Nc2ccc(OS(=O)(=O)F)cc2)s1. The number of rotatable bonds is 5. The van der Waals surface area contributed by atoms with Gasteiger partial charge in [0, 0.05) is 10.6 Å². The van der Waals surface area contributed by atoms with Crippen LogP contribution in [-0.2, 0) is 20.5 Å². The third-order valence-corrected chi connectivity index (χ3v) is 5.55. The summed E-state index contributed by atoms with van der Waals surface area (Å²) in [5, 5.41) is 0. The van der Waals surface area contributed by atoms with Gasteiger partial charge >= 0.3 is 10.5 Å². The van der Waals surface area contributed by atoms with Crippen molar-refractivity contribution < 1.29 is 24.9 Å². The molecule has 114 valence electrons. The summed E-state index contributed by atoms with van der Waals surface area (Å²) >= 11 is 1.12. The van der Waals surface area contributed by atoms with Crippen molar-refractivity contribution in [2.75, 3.05) is 4.72 Å². The second-order valence-electron chi connectivity index (χ2n) is 3.97. The van der Waals surface area contributed by atoms with Crippen LogP contribution in [0, 0.1) is 6.92 Å². The molecule has 0 atom stereocenters. The van der Waals surface area contributed by atoms with Crippen molar-refractivity contribution in [1.82, 2.24) is 0 Å². The first-order valence-corrected chi connectivity index (χ1v) is 9.10. The van der Waals surface area contributed by atoms with Gasteiger partial charge in [0.2, 0.25) is 0 Å². The lowest BCUT2D eigenvalue weighted by Gasteiger charge is -2.06. The standard InChI is InChI=1S/C11H10FNO5S3/c1-8-2-7-11(19-8)20(14,15)13-9-3-5-10(6-4-9)18-21(12,16)17/h2-7,13H,1H3. The lowest BCUT2D eigenvalue weighted by Crippen LogP contribution is -2.11. The van der Waals surface area contributed by atoms with Crippen molar-refractivity contribution in [2.45, 2.75) is 11.1 Å². The number of benzene rings is 1. The van der Waals surface area contributed by atoms with E-state index in [0.717, 1.165) is 28.3 Å². The van der Waals surface area contributed by atoms with Crippen LogP contribution in [0.1, 0.15) is 4.88 Å². The predicted octanol–water partition coefficient (Wildman–Crippen LogP) is 2.45. The summed E-state index contributed by atoms with van der Waals surface area (Å²) in [5.41, 5.74) is 0.199. The smallest absolute Gasteiger partial charge is 0.358 e. The highest BCUT2D eigenvalue weighted by atomic mass is 32.3. The number of sulfonamides is 1. The van der Waals surface area contributed by atoms with E-state index in [4.69, 9.17) is 0 Å². The van der Waals surface area contributed by atoms with Crippen molar-refractivity contribution in [3.63, 3.8) is 0 Å². The van der Waals surface area contributed by atoms with Gasteiger partial charge in [-0.2, -0.15) is 8.42 Å². The molecule has 0 aliphatic rings. The summed E-state index contributed by atoms with van der Waals surface area (Å²) in [6.07, 6.45) is 0. The molecule has 0 aliphatic heterocycles. The molecule has 1 aromatic heterocycles. The molecule has 0 aliphatic carbocycles. The van der Waals surface area contributed by atoms with Crippen LogP contribution >= 0.6 is 11.3 Å². The fraction of sp³-hybridized carbons (Fsp3) is 0.0909.